The molecule has 11 heteroatoms. The SMILES string of the molecule is CCOc1ccc(N(CC(=O)N(Cc2ccc(Br)cc2)C(C)C(=O)NC2CCCC2)S(=O)(=O)c2ccc(Cl)cc2)cc1. The number of anilines is 1. The lowest BCUT2D eigenvalue weighted by Crippen LogP contribution is -2.52. The number of halogens is 2. The van der Waals surface area contributed by atoms with Gasteiger partial charge in [-0.15, -0.1) is 0 Å². The summed E-state index contributed by atoms with van der Waals surface area (Å²) in [6.07, 6.45) is 3.93. The molecule has 0 aromatic heterocycles. The minimum atomic E-state index is -4.19. The van der Waals surface area contributed by atoms with Gasteiger partial charge < -0.3 is 15.0 Å². The molecule has 0 aliphatic heterocycles. The van der Waals surface area contributed by atoms with Crippen molar-refractivity contribution in [1.82, 2.24) is 10.2 Å². The lowest BCUT2D eigenvalue weighted by molar-refractivity contribution is -0.139. The molecule has 0 spiro atoms. The van der Waals surface area contributed by atoms with Gasteiger partial charge in [0, 0.05) is 22.1 Å². The molecule has 0 saturated heterocycles. The van der Waals surface area contributed by atoms with Crippen LogP contribution in [0.15, 0.2) is 82.2 Å². The summed E-state index contributed by atoms with van der Waals surface area (Å²) >= 11 is 9.45. The van der Waals surface area contributed by atoms with Gasteiger partial charge in [-0.25, -0.2) is 8.42 Å². The zero-order chi connectivity index (χ0) is 30.3. The van der Waals surface area contributed by atoms with Gasteiger partial charge in [0.25, 0.3) is 10.0 Å². The van der Waals surface area contributed by atoms with Gasteiger partial charge in [-0.1, -0.05) is 52.5 Å². The molecule has 1 aliphatic carbocycles. The van der Waals surface area contributed by atoms with Crippen molar-refractivity contribution in [3.05, 3.63) is 87.9 Å². The van der Waals surface area contributed by atoms with Gasteiger partial charge in [-0.05, 0) is 92.9 Å². The van der Waals surface area contributed by atoms with Crippen LogP contribution in [0.25, 0.3) is 0 Å². The molecule has 4 rings (SSSR count). The number of ether oxygens (including phenoxy) is 1. The van der Waals surface area contributed by atoms with Crippen molar-refractivity contribution < 1.29 is 22.7 Å². The molecule has 1 N–H and O–H groups in total. The van der Waals surface area contributed by atoms with Crippen molar-refractivity contribution in [2.24, 2.45) is 0 Å². The molecule has 8 nitrogen and oxygen atoms in total. The van der Waals surface area contributed by atoms with Crippen LogP contribution in [0.4, 0.5) is 5.69 Å². The van der Waals surface area contributed by atoms with Gasteiger partial charge in [0.1, 0.15) is 18.3 Å². The predicted molar refractivity (Wildman–Crippen MR) is 168 cm³/mol. The molecule has 0 heterocycles. The van der Waals surface area contributed by atoms with E-state index in [1.165, 1.54) is 29.2 Å². The number of amides is 2. The van der Waals surface area contributed by atoms with Gasteiger partial charge in [-0.3, -0.25) is 13.9 Å². The Labute approximate surface area is 261 Å². The first-order valence-corrected chi connectivity index (χ1v) is 16.5. The van der Waals surface area contributed by atoms with Crippen LogP contribution in [-0.2, 0) is 26.2 Å². The Balaban J connectivity index is 1.68. The van der Waals surface area contributed by atoms with Crippen molar-refractivity contribution in [1.29, 1.82) is 0 Å². The second kappa shape index (κ2) is 14.4. The van der Waals surface area contributed by atoms with Gasteiger partial charge in [0.2, 0.25) is 11.8 Å². The van der Waals surface area contributed by atoms with Crippen LogP contribution in [0.5, 0.6) is 5.75 Å². The van der Waals surface area contributed by atoms with Gasteiger partial charge >= 0.3 is 0 Å². The Morgan fingerprint density at radius 2 is 1.62 bits per heavy atom. The Kier molecular flexibility index (Phi) is 10.9. The Hall–Kier alpha value is -3.08. The highest BCUT2D eigenvalue weighted by Crippen LogP contribution is 2.28. The van der Waals surface area contributed by atoms with E-state index < -0.39 is 28.5 Å². The third-order valence-corrected chi connectivity index (χ3v) is 9.82. The predicted octanol–water partition coefficient (Wildman–Crippen LogP) is 6.17. The van der Waals surface area contributed by atoms with Gasteiger partial charge in [0.15, 0.2) is 0 Å². The quantitative estimate of drug-likeness (QED) is 0.248. The smallest absolute Gasteiger partial charge is 0.264 e. The summed E-state index contributed by atoms with van der Waals surface area (Å²) in [6.45, 7) is 3.60. The number of hydrogen-bond acceptors (Lipinski definition) is 5. The molecule has 1 fully saturated rings. The highest BCUT2D eigenvalue weighted by Gasteiger charge is 2.33. The molecule has 1 aliphatic rings. The summed E-state index contributed by atoms with van der Waals surface area (Å²) in [5, 5.41) is 3.46. The van der Waals surface area contributed by atoms with Gasteiger partial charge in [0.05, 0.1) is 17.2 Å². The highest BCUT2D eigenvalue weighted by atomic mass is 79.9. The number of nitrogens with one attached hydrogen (secondary N) is 1. The molecule has 1 saturated carbocycles. The highest BCUT2D eigenvalue weighted by molar-refractivity contribution is 9.10. The summed E-state index contributed by atoms with van der Waals surface area (Å²) in [4.78, 5) is 28.8. The second-order valence-corrected chi connectivity index (χ2v) is 13.4. The summed E-state index contributed by atoms with van der Waals surface area (Å²) in [5.74, 6) is -0.204. The first kappa shape index (κ1) is 31.8. The van der Waals surface area contributed by atoms with Crippen molar-refractivity contribution in [3.63, 3.8) is 0 Å². The van der Waals surface area contributed by atoms with E-state index >= 15 is 0 Å². The number of carbonyl (C=O) groups is 2. The molecule has 1 atom stereocenters. The lowest BCUT2D eigenvalue weighted by atomic mass is 10.1. The van der Waals surface area contributed by atoms with Crippen LogP contribution >= 0.6 is 27.5 Å². The van der Waals surface area contributed by atoms with Crippen LogP contribution in [0.2, 0.25) is 5.02 Å². The second-order valence-electron chi connectivity index (χ2n) is 10.2. The summed E-state index contributed by atoms with van der Waals surface area (Å²) in [7, 11) is -4.19. The minimum Gasteiger partial charge on any atom is -0.494 e. The average Bonchev–Trinajstić information content (AvgIpc) is 3.49. The first-order valence-electron chi connectivity index (χ1n) is 13.9. The van der Waals surface area contributed by atoms with E-state index in [0.717, 1.165) is 40.0 Å². The maximum atomic E-state index is 14.1. The topological polar surface area (TPSA) is 96.0 Å². The number of nitrogens with zero attached hydrogens (tertiary/aromatic N) is 2. The number of sulfonamides is 1. The van der Waals surface area contributed by atoms with E-state index in [1.807, 2.05) is 31.2 Å². The third-order valence-electron chi connectivity index (χ3n) is 7.25. The van der Waals surface area contributed by atoms with Crippen LogP contribution < -0.4 is 14.4 Å². The Morgan fingerprint density at radius 1 is 1.00 bits per heavy atom. The first-order chi connectivity index (χ1) is 20.1. The monoisotopic (exact) mass is 675 g/mol. The number of benzene rings is 3. The van der Waals surface area contributed by atoms with E-state index in [1.54, 1.807) is 31.2 Å². The molecule has 3 aromatic rings. The van der Waals surface area contributed by atoms with Crippen molar-refractivity contribution in [2.75, 3.05) is 17.5 Å². The molecule has 42 heavy (non-hydrogen) atoms. The van der Waals surface area contributed by atoms with E-state index in [4.69, 9.17) is 16.3 Å². The summed E-state index contributed by atoms with van der Waals surface area (Å²) in [5.41, 5.74) is 1.09. The van der Waals surface area contributed by atoms with Crippen LogP contribution in [0.3, 0.4) is 0 Å². The maximum absolute atomic E-state index is 14.1. The van der Waals surface area contributed by atoms with Crippen molar-refractivity contribution in [2.45, 2.75) is 63.1 Å². The van der Waals surface area contributed by atoms with E-state index in [-0.39, 0.29) is 29.1 Å². The molecule has 0 bridgehead atoms. The molecular weight excluding hydrogens is 642 g/mol. The zero-order valence-corrected chi connectivity index (χ0v) is 26.8. The molecule has 2 amide bonds. The standard InChI is InChI=1S/C31H35BrClN3O5S/c1-3-41-28-16-14-27(15-17-28)36(42(39,40)29-18-12-25(33)13-19-29)21-30(37)35(20-23-8-10-24(32)11-9-23)22(2)31(38)34-26-6-4-5-7-26/h8-19,22,26H,3-7,20-21H2,1-2H3,(H,34,38). The normalized spacial score (nSPS) is 14.3. The van der Waals surface area contributed by atoms with Crippen LogP contribution in [0, 0.1) is 0 Å². The molecule has 224 valence electrons. The van der Waals surface area contributed by atoms with E-state index in [2.05, 4.69) is 21.2 Å². The molecule has 1 unspecified atom stereocenters. The zero-order valence-electron chi connectivity index (χ0n) is 23.6. The molecule has 3 aromatic carbocycles. The van der Waals surface area contributed by atoms with E-state index in [0.29, 0.717) is 17.4 Å². The number of hydrogen-bond donors (Lipinski definition) is 1. The number of carbonyl (C=O) groups excluding carboxylic acids is 2. The lowest BCUT2D eigenvalue weighted by Gasteiger charge is -2.32. The summed E-state index contributed by atoms with van der Waals surface area (Å²) < 4.78 is 35.3. The molecular formula is C31H35BrClN3O5S. The number of rotatable bonds is 12. The van der Waals surface area contributed by atoms with Gasteiger partial charge in [-0.2, -0.15) is 0 Å². The maximum Gasteiger partial charge on any atom is 0.264 e. The van der Waals surface area contributed by atoms with E-state index in [9.17, 15) is 18.0 Å². The minimum absolute atomic E-state index is 0.0138. The van der Waals surface area contributed by atoms with Crippen LogP contribution in [0.1, 0.15) is 45.1 Å². The average molecular weight is 677 g/mol. The largest absolute Gasteiger partial charge is 0.494 e. The Bertz CT molecular complexity index is 1460. The van der Waals surface area contributed by atoms with Crippen molar-refractivity contribution >= 4 is 55.1 Å². The van der Waals surface area contributed by atoms with Crippen molar-refractivity contribution in [3.8, 4) is 5.75 Å². The molecule has 0 radical (unpaired) electrons. The fourth-order valence-electron chi connectivity index (χ4n) is 4.90. The Morgan fingerprint density at radius 3 is 2.21 bits per heavy atom. The summed E-state index contributed by atoms with van der Waals surface area (Å²) in [6, 6.07) is 19.0. The fourth-order valence-corrected chi connectivity index (χ4v) is 6.70. The van der Waals surface area contributed by atoms with Crippen LogP contribution in [-0.4, -0.2) is 50.4 Å². The fraction of sp³-hybridized carbons (Fsp3) is 0.355. The third kappa shape index (κ3) is 8.05.